The predicted octanol–water partition coefficient (Wildman–Crippen LogP) is 3.01. The summed E-state index contributed by atoms with van der Waals surface area (Å²) in [7, 11) is 0. The van der Waals surface area contributed by atoms with Crippen LogP contribution in [0.4, 0.5) is 5.69 Å². The molecule has 1 aliphatic rings. The van der Waals surface area contributed by atoms with E-state index in [1.54, 1.807) is 6.07 Å². The van der Waals surface area contributed by atoms with Gasteiger partial charge in [-0.15, -0.1) is 12.4 Å². The van der Waals surface area contributed by atoms with E-state index in [0.717, 1.165) is 19.3 Å². The number of nitrogens with zero attached hydrogens (tertiary/aromatic N) is 3. The van der Waals surface area contributed by atoms with Crippen LogP contribution in [0.1, 0.15) is 25.1 Å². The largest absolute Gasteiger partial charge is 0.334 e. The maximum absolute atomic E-state index is 10.7. The summed E-state index contributed by atoms with van der Waals surface area (Å²) in [4.78, 5) is 14.6. The van der Waals surface area contributed by atoms with Crippen molar-refractivity contribution >= 4 is 40.7 Å². The van der Waals surface area contributed by atoms with Gasteiger partial charge in [0.1, 0.15) is 0 Å². The predicted molar refractivity (Wildman–Crippen MR) is 86.1 cm³/mol. The van der Waals surface area contributed by atoms with Gasteiger partial charge in [-0.2, -0.15) is 4.98 Å². The minimum atomic E-state index is -0.478. The maximum Gasteiger partial charge on any atom is 0.270 e. The first kappa shape index (κ1) is 16.1. The monoisotopic (exact) mass is 422 g/mol. The Hall–Kier alpha value is -1.26. The van der Waals surface area contributed by atoms with Crippen molar-refractivity contribution in [2.24, 2.45) is 5.73 Å². The Morgan fingerprint density at radius 2 is 2.14 bits per heavy atom. The number of rotatable bonds is 3. The highest BCUT2D eigenvalue weighted by molar-refractivity contribution is 14.1. The number of halogens is 2. The van der Waals surface area contributed by atoms with Crippen LogP contribution < -0.4 is 5.73 Å². The number of hydrogen-bond donors (Lipinski definition) is 1. The average Bonchev–Trinajstić information content (AvgIpc) is 2.85. The van der Waals surface area contributed by atoms with Crippen LogP contribution in [-0.4, -0.2) is 15.1 Å². The molecule has 0 amide bonds. The maximum atomic E-state index is 10.7. The van der Waals surface area contributed by atoms with Gasteiger partial charge in [0.15, 0.2) is 5.82 Å². The minimum Gasteiger partial charge on any atom is -0.334 e. The van der Waals surface area contributed by atoms with Gasteiger partial charge in [0.05, 0.1) is 16.0 Å². The van der Waals surface area contributed by atoms with Crippen LogP contribution in [0.2, 0.25) is 0 Å². The Morgan fingerprint density at radius 3 is 2.67 bits per heavy atom. The van der Waals surface area contributed by atoms with Crippen molar-refractivity contribution in [3.05, 3.63) is 37.7 Å². The highest BCUT2D eigenvalue weighted by Crippen LogP contribution is 2.38. The molecule has 0 aliphatic heterocycles. The second kappa shape index (κ2) is 5.85. The lowest BCUT2D eigenvalue weighted by Crippen LogP contribution is -2.44. The zero-order valence-electron chi connectivity index (χ0n) is 10.8. The fourth-order valence-corrected chi connectivity index (χ4v) is 2.84. The standard InChI is InChI=1S/C12H11IN4O3.ClH/c13-9-6-7(17(18)19)2-3-8(9)10-15-11(16-20-10)12(14)4-1-5-12;/h2-3,6H,1,4-5,14H2;1H. The highest BCUT2D eigenvalue weighted by atomic mass is 127. The summed E-state index contributed by atoms with van der Waals surface area (Å²) < 4.78 is 5.92. The van der Waals surface area contributed by atoms with Gasteiger partial charge in [-0.1, -0.05) is 5.16 Å². The van der Waals surface area contributed by atoms with E-state index in [1.165, 1.54) is 12.1 Å². The topological polar surface area (TPSA) is 108 Å². The van der Waals surface area contributed by atoms with Crippen molar-refractivity contribution in [1.29, 1.82) is 0 Å². The number of benzene rings is 1. The molecule has 0 unspecified atom stereocenters. The first-order chi connectivity index (χ1) is 9.49. The van der Waals surface area contributed by atoms with Crippen molar-refractivity contribution in [2.75, 3.05) is 0 Å². The zero-order chi connectivity index (χ0) is 14.3. The Kier molecular flexibility index (Phi) is 4.49. The summed E-state index contributed by atoms with van der Waals surface area (Å²) in [6, 6.07) is 4.51. The first-order valence-electron chi connectivity index (χ1n) is 6.07. The van der Waals surface area contributed by atoms with Crippen LogP contribution in [-0.2, 0) is 5.54 Å². The molecule has 2 N–H and O–H groups in total. The number of hydrogen-bond acceptors (Lipinski definition) is 6. The summed E-state index contributed by atoms with van der Waals surface area (Å²) in [6.07, 6.45) is 2.77. The molecular formula is C12H12ClIN4O3. The van der Waals surface area contributed by atoms with Gasteiger partial charge < -0.3 is 10.3 Å². The SMILES string of the molecule is Cl.NC1(c2noc(-c3ccc([N+](=O)[O-])cc3I)n2)CCC1. The summed E-state index contributed by atoms with van der Waals surface area (Å²) in [6.45, 7) is 0. The van der Waals surface area contributed by atoms with Gasteiger partial charge >= 0.3 is 0 Å². The molecule has 1 fully saturated rings. The highest BCUT2D eigenvalue weighted by Gasteiger charge is 2.39. The quantitative estimate of drug-likeness (QED) is 0.463. The lowest BCUT2D eigenvalue weighted by molar-refractivity contribution is -0.384. The van der Waals surface area contributed by atoms with E-state index >= 15 is 0 Å². The van der Waals surface area contributed by atoms with Crippen molar-refractivity contribution < 1.29 is 9.45 Å². The Balaban J connectivity index is 0.00000161. The van der Waals surface area contributed by atoms with Crippen LogP contribution in [0.3, 0.4) is 0 Å². The van der Waals surface area contributed by atoms with Crippen LogP contribution in [0.5, 0.6) is 0 Å². The average molecular weight is 423 g/mol. The molecule has 1 aliphatic carbocycles. The normalized spacial score (nSPS) is 15.9. The molecule has 2 aromatic rings. The van der Waals surface area contributed by atoms with E-state index < -0.39 is 10.5 Å². The minimum absolute atomic E-state index is 0. The molecule has 0 atom stereocenters. The first-order valence-corrected chi connectivity index (χ1v) is 7.15. The number of nitro groups is 1. The van der Waals surface area contributed by atoms with Crippen molar-refractivity contribution in [3.8, 4) is 11.5 Å². The molecule has 1 heterocycles. The van der Waals surface area contributed by atoms with Gasteiger partial charge in [-0.25, -0.2) is 0 Å². The molecule has 1 aromatic heterocycles. The third-order valence-corrected chi connectivity index (χ3v) is 4.40. The van der Waals surface area contributed by atoms with Crippen molar-refractivity contribution in [1.82, 2.24) is 10.1 Å². The van der Waals surface area contributed by atoms with E-state index in [9.17, 15) is 10.1 Å². The molecule has 0 spiro atoms. The van der Waals surface area contributed by atoms with Crippen LogP contribution >= 0.6 is 35.0 Å². The van der Waals surface area contributed by atoms with Crippen LogP contribution in [0.15, 0.2) is 22.7 Å². The van der Waals surface area contributed by atoms with Crippen LogP contribution in [0.25, 0.3) is 11.5 Å². The summed E-state index contributed by atoms with van der Waals surface area (Å²) in [5.74, 6) is 0.851. The van der Waals surface area contributed by atoms with E-state index in [0.29, 0.717) is 20.8 Å². The van der Waals surface area contributed by atoms with Crippen molar-refractivity contribution in [2.45, 2.75) is 24.8 Å². The third-order valence-electron chi connectivity index (χ3n) is 3.51. The molecule has 1 saturated carbocycles. The molecule has 3 rings (SSSR count). The number of nitrogens with two attached hydrogens (primary N) is 1. The molecule has 9 heteroatoms. The van der Waals surface area contributed by atoms with E-state index in [1.807, 2.05) is 22.6 Å². The second-order valence-electron chi connectivity index (χ2n) is 4.85. The Morgan fingerprint density at radius 1 is 1.43 bits per heavy atom. The molecule has 112 valence electrons. The number of non-ortho nitro benzene ring substituents is 1. The summed E-state index contributed by atoms with van der Waals surface area (Å²) in [5, 5.41) is 14.7. The number of nitro benzene ring substituents is 1. The van der Waals surface area contributed by atoms with Gasteiger partial charge in [0.2, 0.25) is 0 Å². The van der Waals surface area contributed by atoms with E-state index in [-0.39, 0.29) is 18.1 Å². The summed E-state index contributed by atoms with van der Waals surface area (Å²) in [5.41, 5.74) is 6.38. The molecule has 0 saturated heterocycles. The molecule has 0 bridgehead atoms. The Labute approximate surface area is 140 Å². The van der Waals surface area contributed by atoms with Gasteiger partial charge in [0.25, 0.3) is 11.6 Å². The summed E-state index contributed by atoms with van der Waals surface area (Å²) >= 11 is 2.01. The van der Waals surface area contributed by atoms with Gasteiger partial charge in [-0.3, -0.25) is 10.1 Å². The molecule has 0 radical (unpaired) electrons. The lowest BCUT2D eigenvalue weighted by atomic mass is 9.77. The zero-order valence-corrected chi connectivity index (χ0v) is 13.8. The number of aromatic nitrogens is 2. The molecule has 7 nitrogen and oxygen atoms in total. The second-order valence-corrected chi connectivity index (χ2v) is 6.02. The van der Waals surface area contributed by atoms with Crippen LogP contribution in [0, 0.1) is 13.7 Å². The smallest absolute Gasteiger partial charge is 0.270 e. The molecular weight excluding hydrogens is 411 g/mol. The fraction of sp³-hybridized carbons (Fsp3) is 0.333. The fourth-order valence-electron chi connectivity index (χ4n) is 2.11. The van der Waals surface area contributed by atoms with E-state index in [4.69, 9.17) is 10.3 Å². The van der Waals surface area contributed by atoms with Gasteiger partial charge in [0, 0.05) is 15.7 Å². The Bertz CT molecular complexity index is 687. The third kappa shape index (κ3) is 2.87. The lowest BCUT2D eigenvalue weighted by Gasteiger charge is -2.34. The van der Waals surface area contributed by atoms with Crippen molar-refractivity contribution in [3.63, 3.8) is 0 Å². The molecule has 21 heavy (non-hydrogen) atoms. The van der Waals surface area contributed by atoms with Gasteiger partial charge in [-0.05, 0) is 47.9 Å². The molecule has 1 aromatic carbocycles. The van der Waals surface area contributed by atoms with E-state index in [2.05, 4.69) is 10.1 Å².